The van der Waals surface area contributed by atoms with Crippen molar-refractivity contribution in [3.63, 3.8) is 0 Å². The lowest BCUT2D eigenvalue weighted by molar-refractivity contribution is -0.269. The van der Waals surface area contributed by atoms with Crippen molar-refractivity contribution in [2.75, 3.05) is 0 Å². The molecular weight excluding hydrogens is 176 g/mol. The SMILES string of the molecule is Cc1c(O)cc(O)c(C(=O)O)c1[O-]. The molecule has 5 heteroatoms. The average Bonchev–Trinajstić information content (AvgIpc) is 1.99. The Morgan fingerprint density at radius 1 is 1.38 bits per heavy atom. The lowest BCUT2D eigenvalue weighted by atomic mass is 10.1. The van der Waals surface area contributed by atoms with Gasteiger partial charge in [0.25, 0.3) is 0 Å². The highest BCUT2D eigenvalue weighted by Crippen LogP contribution is 2.34. The van der Waals surface area contributed by atoms with E-state index < -0.39 is 28.8 Å². The Morgan fingerprint density at radius 3 is 2.38 bits per heavy atom. The van der Waals surface area contributed by atoms with E-state index in [1.807, 2.05) is 0 Å². The van der Waals surface area contributed by atoms with Gasteiger partial charge in [-0.3, -0.25) is 0 Å². The fourth-order valence-corrected chi connectivity index (χ4v) is 0.937. The van der Waals surface area contributed by atoms with Gasteiger partial charge in [-0.15, -0.1) is 0 Å². The molecule has 0 fully saturated rings. The zero-order valence-corrected chi connectivity index (χ0v) is 6.74. The number of carboxylic acids is 1. The number of carboxylic acid groups (broad SMARTS) is 1. The van der Waals surface area contributed by atoms with Crippen LogP contribution in [0.25, 0.3) is 0 Å². The van der Waals surface area contributed by atoms with Crippen LogP contribution in [0, 0.1) is 6.92 Å². The highest BCUT2D eigenvalue weighted by molar-refractivity contribution is 5.94. The third-order valence-corrected chi connectivity index (χ3v) is 1.70. The van der Waals surface area contributed by atoms with Gasteiger partial charge < -0.3 is 20.4 Å². The standard InChI is InChI=1S/C8H8O5/c1-3-4(9)2-5(10)6(7(3)11)8(12)13/h2,9-11H,1H3,(H,12,13)/p-1. The zero-order valence-electron chi connectivity index (χ0n) is 6.74. The molecule has 0 aliphatic rings. The van der Waals surface area contributed by atoms with Crippen LogP contribution in [0.3, 0.4) is 0 Å². The summed E-state index contributed by atoms with van der Waals surface area (Å²) < 4.78 is 0. The van der Waals surface area contributed by atoms with Gasteiger partial charge in [-0.25, -0.2) is 4.79 Å². The number of hydrogen-bond donors (Lipinski definition) is 3. The summed E-state index contributed by atoms with van der Waals surface area (Å²) in [6.45, 7) is 1.28. The lowest BCUT2D eigenvalue weighted by Gasteiger charge is -2.16. The van der Waals surface area contributed by atoms with Crippen LogP contribution in [0.5, 0.6) is 17.2 Å². The maximum Gasteiger partial charge on any atom is 0.338 e. The molecule has 0 spiro atoms. The normalized spacial score (nSPS) is 9.92. The topological polar surface area (TPSA) is 101 Å². The molecule has 0 saturated carbocycles. The second kappa shape index (κ2) is 2.85. The number of hydrogen-bond acceptors (Lipinski definition) is 4. The molecule has 0 aliphatic carbocycles. The van der Waals surface area contributed by atoms with Crippen molar-refractivity contribution in [2.45, 2.75) is 6.92 Å². The molecule has 0 radical (unpaired) electrons. The minimum Gasteiger partial charge on any atom is -0.872 e. The highest BCUT2D eigenvalue weighted by Gasteiger charge is 2.14. The fourth-order valence-electron chi connectivity index (χ4n) is 0.937. The summed E-state index contributed by atoms with van der Waals surface area (Å²) in [7, 11) is 0. The smallest absolute Gasteiger partial charge is 0.338 e. The molecule has 0 bridgehead atoms. The van der Waals surface area contributed by atoms with E-state index in [9.17, 15) is 9.90 Å². The number of benzene rings is 1. The van der Waals surface area contributed by atoms with Gasteiger partial charge in [-0.1, -0.05) is 5.75 Å². The van der Waals surface area contributed by atoms with Gasteiger partial charge in [0.1, 0.15) is 11.5 Å². The number of phenols is 2. The largest absolute Gasteiger partial charge is 0.872 e. The van der Waals surface area contributed by atoms with Crippen molar-refractivity contribution < 1.29 is 25.2 Å². The van der Waals surface area contributed by atoms with E-state index in [0.29, 0.717) is 0 Å². The van der Waals surface area contributed by atoms with Crippen molar-refractivity contribution >= 4 is 5.97 Å². The number of carbonyl (C=O) groups is 1. The van der Waals surface area contributed by atoms with Crippen molar-refractivity contribution in [1.82, 2.24) is 0 Å². The molecule has 1 rings (SSSR count). The molecule has 0 saturated heterocycles. The minimum atomic E-state index is -1.51. The zero-order chi connectivity index (χ0) is 10.2. The van der Waals surface area contributed by atoms with Crippen LogP contribution in [0.15, 0.2) is 6.07 Å². The molecule has 0 heterocycles. The van der Waals surface area contributed by atoms with Gasteiger partial charge in [0.15, 0.2) is 0 Å². The second-order valence-corrected chi connectivity index (χ2v) is 2.55. The number of phenolic OH excluding ortho intramolecular Hbond substituents is 1. The summed E-state index contributed by atoms with van der Waals surface area (Å²) in [6.07, 6.45) is 0. The Bertz CT molecular complexity index is 369. The van der Waals surface area contributed by atoms with Crippen molar-refractivity contribution in [1.29, 1.82) is 0 Å². The summed E-state index contributed by atoms with van der Waals surface area (Å²) in [6, 6.07) is 0.834. The van der Waals surface area contributed by atoms with Gasteiger partial charge >= 0.3 is 5.97 Å². The number of rotatable bonds is 1. The maximum absolute atomic E-state index is 11.2. The van der Waals surface area contributed by atoms with Crippen LogP contribution in [-0.2, 0) is 0 Å². The average molecular weight is 183 g/mol. The van der Waals surface area contributed by atoms with E-state index in [1.165, 1.54) is 6.92 Å². The van der Waals surface area contributed by atoms with E-state index in [0.717, 1.165) is 6.07 Å². The molecule has 0 amide bonds. The molecule has 70 valence electrons. The minimum absolute atomic E-state index is 0.0878. The number of aromatic carboxylic acids is 1. The monoisotopic (exact) mass is 183 g/mol. The molecule has 1 aromatic carbocycles. The summed E-state index contributed by atoms with van der Waals surface area (Å²) >= 11 is 0. The first kappa shape index (κ1) is 9.18. The summed E-state index contributed by atoms with van der Waals surface area (Å²) in [5.74, 6) is -3.51. The fraction of sp³-hybridized carbons (Fsp3) is 0.125. The molecule has 0 aliphatic heterocycles. The third-order valence-electron chi connectivity index (χ3n) is 1.70. The summed E-state index contributed by atoms with van der Waals surface area (Å²) in [5.41, 5.74) is -0.800. The van der Waals surface area contributed by atoms with Gasteiger partial charge in [0, 0.05) is 6.07 Å². The predicted octanol–water partition coefficient (Wildman–Crippen LogP) is 0.178. The molecule has 5 nitrogen and oxygen atoms in total. The second-order valence-electron chi connectivity index (χ2n) is 2.55. The Balaban J connectivity index is 3.53. The van der Waals surface area contributed by atoms with Gasteiger partial charge in [0.05, 0.1) is 5.56 Å². The van der Waals surface area contributed by atoms with Crippen LogP contribution in [-0.4, -0.2) is 21.3 Å². The van der Waals surface area contributed by atoms with E-state index in [4.69, 9.17) is 15.3 Å². The van der Waals surface area contributed by atoms with Gasteiger partial charge in [-0.2, -0.15) is 0 Å². The van der Waals surface area contributed by atoms with E-state index in [1.54, 1.807) is 0 Å². The van der Waals surface area contributed by atoms with Crippen LogP contribution >= 0.6 is 0 Å². The molecule has 3 N–H and O–H groups in total. The highest BCUT2D eigenvalue weighted by atomic mass is 16.4. The third kappa shape index (κ3) is 1.35. The molecular formula is C8H7O5-. The molecule has 13 heavy (non-hydrogen) atoms. The quantitative estimate of drug-likeness (QED) is 0.576. The van der Waals surface area contributed by atoms with Crippen molar-refractivity contribution in [2.24, 2.45) is 0 Å². The molecule has 0 aromatic heterocycles. The van der Waals surface area contributed by atoms with Crippen LogP contribution < -0.4 is 5.11 Å². The van der Waals surface area contributed by atoms with E-state index >= 15 is 0 Å². The van der Waals surface area contributed by atoms with Crippen LogP contribution in [0.1, 0.15) is 15.9 Å². The maximum atomic E-state index is 11.2. The first-order valence-corrected chi connectivity index (χ1v) is 3.41. The van der Waals surface area contributed by atoms with Crippen LogP contribution in [0.2, 0.25) is 0 Å². The molecule has 1 aromatic rings. The Morgan fingerprint density at radius 2 is 1.92 bits per heavy atom. The van der Waals surface area contributed by atoms with Gasteiger partial charge in [-0.05, 0) is 12.5 Å². The first-order chi connectivity index (χ1) is 5.95. The summed E-state index contributed by atoms with van der Waals surface area (Å²) in [4.78, 5) is 10.5. The van der Waals surface area contributed by atoms with E-state index in [-0.39, 0.29) is 5.56 Å². The van der Waals surface area contributed by atoms with Gasteiger partial charge in [0.2, 0.25) is 0 Å². The molecule has 0 atom stereocenters. The van der Waals surface area contributed by atoms with Crippen LogP contribution in [0.4, 0.5) is 0 Å². The Labute approximate surface area is 73.5 Å². The Hall–Kier alpha value is -1.91. The number of aromatic hydroxyl groups is 2. The lowest BCUT2D eigenvalue weighted by Crippen LogP contribution is -2.06. The molecule has 0 unspecified atom stereocenters. The first-order valence-electron chi connectivity index (χ1n) is 3.41. The van der Waals surface area contributed by atoms with Crippen molar-refractivity contribution in [3.05, 3.63) is 17.2 Å². The summed E-state index contributed by atoms with van der Waals surface area (Å²) in [5, 5.41) is 37.7. The predicted molar refractivity (Wildman–Crippen MR) is 40.9 cm³/mol. The van der Waals surface area contributed by atoms with Crippen molar-refractivity contribution in [3.8, 4) is 17.2 Å². The van der Waals surface area contributed by atoms with E-state index in [2.05, 4.69) is 0 Å². The Kier molecular flexibility index (Phi) is 2.02.